The standard InChI is InChI=1S/C17H16BrNO4/c1-10(2)23-13-6-3-11(4-7-13)16(20)19-15-8-5-12(18)9-14(15)17(21)22/h3-10H,1-2H3,(H,19,20)(H,21,22). The fraction of sp³-hybridized carbons (Fsp3) is 0.176. The molecule has 0 aromatic heterocycles. The molecule has 2 N–H and O–H groups in total. The Balaban J connectivity index is 2.18. The van der Waals surface area contributed by atoms with Crippen molar-refractivity contribution in [2.45, 2.75) is 20.0 Å². The summed E-state index contributed by atoms with van der Waals surface area (Å²) in [6, 6.07) is 11.3. The number of nitrogens with one attached hydrogen (secondary N) is 1. The van der Waals surface area contributed by atoms with E-state index < -0.39 is 5.97 Å². The van der Waals surface area contributed by atoms with Crippen LogP contribution < -0.4 is 10.1 Å². The lowest BCUT2D eigenvalue weighted by molar-refractivity contribution is 0.0698. The molecule has 0 saturated carbocycles. The van der Waals surface area contributed by atoms with E-state index in [1.54, 1.807) is 36.4 Å². The topological polar surface area (TPSA) is 75.6 Å². The first-order valence-corrected chi connectivity index (χ1v) is 7.77. The van der Waals surface area contributed by atoms with E-state index in [-0.39, 0.29) is 23.3 Å². The highest BCUT2D eigenvalue weighted by Gasteiger charge is 2.14. The largest absolute Gasteiger partial charge is 0.491 e. The molecule has 0 spiro atoms. The van der Waals surface area contributed by atoms with Crippen molar-refractivity contribution in [1.29, 1.82) is 0 Å². The number of ether oxygens (including phenoxy) is 1. The summed E-state index contributed by atoms with van der Waals surface area (Å²) < 4.78 is 6.14. The minimum atomic E-state index is -1.11. The fourth-order valence-electron chi connectivity index (χ4n) is 1.95. The number of halogens is 1. The van der Waals surface area contributed by atoms with Gasteiger partial charge < -0.3 is 15.2 Å². The summed E-state index contributed by atoms with van der Waals surface area (Å²) in [6.45, 7) is 3.84. The summed E-state index contributed by atoms with van der Waals surface area (Å²) >= 11 is 3.21. The summed E-state index contributed by atoms with van der Waals surface area (Å²) in [7, 11) is 0. The normalized spacial score (nSPS) is 10.4. The molecule has 0 aliphatic heterocycles. The van der Waals surface area contributed by atoms with Crippen molar-refractivity contribution in [1.82, 2.24) is 0 Å². The average Bonchev–Trinajstić information content (AvgIpc) is 2.49. The summed E-state index contributed by atoms with van der Waals surface area (Å²) in [5.41, 5.74) is 0.682. The number of benzene rings is 2. The van der Waals surface area contributed by atoms with Gasteiger partial charge in [0.25, 0.3) is 5.91 Å². The summed E-state index contributed by atoms with van der Waals surface area (Å²) in [4.78, 5) is 23.5. The molecule has 120 valence electrons. The SMILES string of the molecule is CC(C)Oc1ccc(C(=O)Nc2ccc(Br)cc2C(=O)O)cc1. The quantitative estimate of drug-likeness (QED) is 0.818. The number of aromatic carboxylic acids is 1. The van der Waals surface area contributed by atoms with Crippen LogP contribution in [0.25, 0.3) is 0 Å². The maximum Gasteiger partial charge on any atom is 0.337 e. The van der Waals surface area contributed by atoms with Crippen LogP contribution >= 0.6 is 15.9 Å². The lowest BCUT2D eigenvalue weighted by Crippen LogP contribution is -2.15. The molecule has 0 atom stereocenters. The van der Waals surface area contributed by atoms with Gasteiger partial charge in [-0.3, -0.25) is 4.79 Å². The van der Waals surface area contributed by atoms with Crippen LogP contribution in [0.15, 0.2) is 46.9 Å². The number of carbonyl (C=O) groups excluding carboxylic acids is 1. The number of carbonyl (C=O) groups is 2. The van der Waals surface area contributed by atoms with Gasteiger partial charge in [0.05, 0.1) is 17.4 Å². The minimum Gasteiger partial charge on any atom is -0.491 e. The Kier molecular flexibility index (Phi) is 5.39. The first-order valence-electron chi connectivity index (χ1n) is 6.97. The Hall–Kier alpha value is -2.34. The first kappa shape index (κ1) is 17.0. The predicted molar refractivity (Wildman–Crippen MR) is 91.3 cm³/mol. The zero-order valence-electron chi connectivity index (χ0n) is 12.7. The van der Waals surface area contributed by atoms with Gasteiger partial charge in [0.15, 0.2) is 0 Å². The molecule has 23 heavy (non-hydrogen) atoms. The number of hydrogen-bond donors (Lipinski definition) is 2. The molecule has 0 unspecified atom stereocenters. The molecule has 0 aliphatic carbocycles. The van der Waals surface area contributed by atoms with E-state index in [0.29, 0.717) is 15.8 Å². The highest BCUT2D eigenvalue weighted by atomic mass is 79.9. The minimum absolute atomic E-state index is 0.0208. The smallest absolute Gasteiger partial charge is 0.337 e. The molecule has 1 amide bonds. The molecule has 5 nitrogen and oxygen atoms in total. The second kappa shape index (κ2) is 7.28. The molecule has 2 aromatic rings. The van der Waals surface area contributed by atoms with Crippen LogP contribution in [-0.4, -0.2) is 23.1 Å². The second-order valence-corrected chi connectivity index (χ2v) is 6.06. The van der Waals surface area contributed by atoms with Crippen LogP contribution in [-0.2, 0) is 0 Å². The fourth-order valence-corrected chi connectivity index (χ4v) is 2.32. The molecule has 0 heterocycles. The highest BCUT2D eigenvalue weighted by molar-refractivity contribution is 9.10. The number of anilines is 1. The lowest BCUT2D eigenvalue weighted by Gasteiger charge is -2.11. The van der Waals surface area contributed by atoms with E-state index in [2.05, 4.69) is 21.2 Å². The van der Waals surface area contributed by atoms with Gasteiger partial charge in [-0.25, -0.2) is 4.79 Å². The Bertz CT molecular complexity index is 726. The van der Waals surface area contributed by atoms with Gasteiger partial charge in [-0.15, -0.1) is 0 Å². The third kappa shape index (κ3) is 4.56. The number of hydrogen-bond acceptors (Lipinski definition) is 3. The van der Waals surface area contributed by atoms with Crippen molar-refractivity contribution in [3.63, 3.8) is 0 Å². The molecular formula is C17H16BrNO4. The Morgan fingerprint density at radius 2 is 1.78 bits per heavy atom. The zero-order chi connectivity index (χ0) is 17.0. The van der Waals surface area contributed by atoms with Crippen molar-refractivity contribution in [3.8, 4) is 5.75 Å². The van der Waals surface area contributed by atoms with Crippen LogP contribution in [0.3, 0.4) is 0 Å². The van der Waals surface area contributed by atoms with Crippen LogP contribution in [0.4, 0.5) is 5.69 Å². The molecule has 0 aliphatic rings. The second-order valence-electron chi connectivity index (χ2n) is 5.14. The zero-order valence-corrected chi connectivity index (χ0v) is 14.3. The van der Waals surface area contributed by atoms with Crippen LogP contribution in [0.5, 0.6) is 5.75 Å². The van der Waals surface area contributed by atoms with Crippen molar-refractivity contribution >= 4 is 33.5 Å². The average molecular weight is 378 g/mol. The molecule has 0 bridgehead atoms. The first-order chi connectivity index (χ1) is 10.9. The van der Waals surface area contributed by atoms with E-state index in [1.807, 2.05) is 13.8 Å². The summed E-state index contributed by atoms with van der Waals surface area (Å²) in [5.74, 6) is -0.820. The molecule has 2 rings (SSSR count). The third-order valence-corrected chi connectivity index (χ3v) is 3.44. The number of carboxylic acid groups (broad SMARTS) is 1. The summed E-state index contributed by atoms with van der Waals surface area (Å²) in [6.07, 6.45) is 0.0515. The van der Waals surface area contributed by atoms with Crippen molar-refractivity contribution in [2.75, 3.05) is 5.32 Å². The van der Waals surface area contributed by atoms with Crippen molar-refractivity contribution in [3.05, 3.63) is 58.1 Å². The molecular weight excluding hydrogens is 362 g/mol. The van der Waals surface area contributed by atoms with Crippen LogP contribution in [0, 0.1) is 0 Å². The third-order valence-electron chi connectivity index (χ3n) is 2.95. The Morgan fingerprint density at radius 1 is 1.13 bits per heavy atom. The van der Waals surface area contributed by atoms with Gasteiger partial charge >= 0.3 is 5.97 Å². The summed E-state index contributed by atoms with van der Waals surface area (Å²) in [5, 5.41) is 11.8. The van der Waals surface area contributed by atoms with Crippen molar-refractivity contribution < 1.29 is 19.4 Å². The molecule has 0 radical (unpaired) electrons. The van der Waals surface area contributed by atoms with E-state index in [0.717, 1.165) is 0 Å². The van der Waals surface area contributed by atoms with Gasteiger partial charge in [0.1, 0.15) is 5.75 Å². The van der Waals surface area contributed by atoms with Crippen molar-refractivity contribution in [2.24, 2.45) is 0 Å². The maximum atomic E-state index is 12.3. The van der Waals surface area contributed by atoms with Crippen LogP contribution in [0.1, 0.15) is 34.6 Å². The van der Waals surface area contributed by atoms with Gasteiger partial charge in [-0.05, 0) is 56.3 Å². The highest BCUT2D eigenvalue weighted by Crippen LogP contribution is 2.22. The van der Waals surface area contributed by atoms with Crippen LogP contribution in [0.2, 0.25) is 0 Å². The van der Waals surface area contributed by atoms with Gasteiger partial charge in [-0.2, -0.15) is 0 Å². The monoisotopic (exact) mass is 377 g/mol. The van der Waals surface area contributed by atoms with Gasteiger partial charge in [-0.1, -0.05) is 15.9 Å². The molecule has 6 heteroatoms. The van der Waals surface area contributed by atoms with E-state index in [1.165, 1.54) is 6.07 Å². The lowest BCUT2D eigenvalue weighted by atomic mass is 10.1. The maximum absolute atomic E-state index is 12.3. The number of amides is 1. The van der Waals surface area contributed by atoms with E-state index in [9.17, 15) is 14.7 Å². The predicted octanol–water partition coefficient (Wildman–Crippen LogP) is 4.19. The number of carboxylic acids is 1. The molecule has 0 saturated heterocycles. The number of rotatable bonds is 5. The molecule has 2 aromatic carbocycles. The van der Waals surface area contributed by atoms with Gasteiger partial charge in [0, 0.05) is 10.0 Å². The van der Waals surface area contributed by atoms with E-state index >= 15 is 0 Å². The van der Waals surface area contributed by atoms with Gasteiger partial charge in [0.2, 0.25) is 0 Å². The Labute approximate surface area is 142 Å². The van der Waals surface area contributed by atoms with E-state index in [4.69, 9.17) is 4.74 Å². The molecule has 0 fully saturated rings. The Morgan fingerprint density at radius 3 is 2.35 bits per heavy atom.